The van der Waals surface area contributed by atoms with Gasteiger partial charge in [-0.15, -0.1) is 0 Å². The number of rotatable bonds is 5. The lowest BCUT2D eigenvalue weighted by Crippen LogP contribution is -2.38. The van der Waals surface area contributed by atoms with Crippen LogP contribution in [0.4, 0.5) is 0 Å². The third-order valence-electron chi connectivity index (χ3n) is 5.35. The van der Waals surface area contributed by atoms with Gasteiger partial charge in [0.05, 0.1) is 12.1 Å². The first kappa shape index (κ1) is 19.2. The first-order valence-corrected chi connectivity index (χ1v) is 9.73. The van der Waals surface area contributed by atoms with Crippen molar-refractivity contribution in [1.82, 2.24) is 14.8 Å². The number of benzene rings is 1. The fourth-order valence-electron chi connectivity index (χ4n) is 3.73. The summed E-state index contributed by atoms with van der Waals surface area (Å²) in [4.78, 5) is 26.6. The van der Waals surface area contributed by atoms with Crippen LogP contribution in [-0.2, 0) is 4.79 Å². The van der Waals surface area contributed by atoms with E-state index in [0.717, 1.165) is 43.0 Å². The molecule has 0 saturated carbocycles. The molecular weight excluding hydrogens is 338 g/mol. The first-order valence-electron chi connectivity index (χ1n) is 9.73. The van der Waals surface area contributed by atoms with E-state index in [9.17, 15) is 9.59 Å². The van der Waals surface area contributed by atoms with Gasteiger partial charge in [-0.3, -0.25) is 9.59 Å². The van der Waals surface area contributed by atoms with E-state index >= 15 is 0 Å². The van der Waals surface area contributed by atoms with E-state index < -0.39 is 0 Å². The highest BCUT2D eigenvalue weighted by Crippen LogP contribution is 2.23. The Hall–Kier alpha value is -2.56. The van der Waals surface area contributed by atoms with Crippen LogP contribution in [0.15, 0.2) is 30.3 Å². The molecule has 2 amide bonds. The Balaban J connectivity index is 1.74. The molecule has 1 aromatic heterocycles. The number of likely N-dealkylation sites (tertiary alicyclic amines) is 1. The smallest absolute Gasteiger partial charge is 0.253 e. The Bertz CT molecular complexity index is 828. The van der Waals surface area contributed by atoms with Gasteiger partial charge in [0.2, 0.25) is 5.91 Å². The van der Waals surface area contributed by atoms with Crippen molar-refractivity contribution >= 4 is 11.8 Å². The largest absolute Gasteiger partial charge is 0.343 e. The van der Waals surface area contributed by atoms with Crippen LogP contribution in [-0.4, -0.2) is 40.9 Å². The van der Waals surface area contributed by atoms with Crippen molar-refractivity contribution in [3.8, 4) is 5.69 Å². The van der Waals surface area contributed by atoms with E-state index in [1.54, 1.807) is 0 Å². The predicted octanol–water partition coefficient (Wildman–Crippen LogP) is 3.57. The molecule has 0 atom stereocenters. The van der Waals surface area contributed by atoms with Crippen molar-refractivity contribution in [1.29, 1.82) is 0 Å². The molecule has 1 aliphatic rings. The van der Waals surface area contributed by atoms with Gasteiger partial charge < -0.3 is 14.8 Å². The second-order valence-corrected chi connectivity index (χ2v) is 7.64. The average Bonchev–Trinajstić information content (AvgIpc) is 3.28. The van der Waals surface area contributed by atoms with Crippen LogP contribution in [0.3, 0.4) is 0 Å². The number of aryl methyl sites for hydroxylation is 1. The highest BCUT2D eigenvalue weighted by molar-refractivity contribution is 5.98. The molecule has 1 saturated heterocycles. The fraction of sp³-hybridized carbons (Fsp3) is 0.455. The van der Waals surface area contributed by atoms with Crippen LogP contribution in [0.25, 0.3) is 5.69 Å². The second-order valence-electron chi connectivity index (χ2n) is 7.64. The van der Waals surface area contributed by atoms with Gasteiger partial charge in [-0.25, -0.2) is 0 Å². The molecule has 0 spiro atoms. The highest BCUT2D eigenvalue weighted by Gasteiger charge is 2.20. The van der Waals surface area contributed by atoms with Crippen molar-refractivity contribution in [2.75, 3.05) is 19.6 Å². The molecule has 1 aliphatic heterocycles. The van der Waals surface area contributed by atoms with Crippen LogP contribution in [0.1, 0.15) is 59.9 Å². The molecule has 3 rings (SSSR count). The van der Waals surface area contributed by atoms with Crippen LogP contribution in [0.5, 0.6) is 0 Å². The summed E-state index contributed by atoms with van der Waals surface area (Å²) >= 11 is 0. The summed E-state index contributed by atoms with van der Waals surface area (Å²) in [5.74, 6) is 0.292. The molecule has 144 valence electrons. The lowest BCUT2D eigenvalue weighted by molar-refractivity contribution is -0.129. The molecule has 1 fully saturated rings. The standard InChI is InChI=1S/C22H29N3O2/c1-15(2)18-7-9-19(10-8-18)25-16(3)13-20(17(25)4)22(27)23-14-21(26)24-11-5-6-12-24/h7-10,13,15H,5-6,11-12,14H2,1-4H3,(H,23,27). The second kappa shape index (κ2) is 7.99. The third-order valence-corrected chi connectivity index (χ3v) is 5.35. The molecule has 0 aliphatic carbocycles. The molecule has 0 unspecified atom stereocenters. The minimum atomic E-state index is -0.194. The maximum absolute atomic E-state index is 12.6. The topological polar surface area (TPSA) is 54.3 Å². The van der Waals surface area contributed by atoms with Gasteiger partial charge in [-0.1, -0.05) is 26.0 Å². The monoisotopic (exact) mass is 367 g/mol. The van der Waals surface area contributed by atoms with Gasteiger partial charge in [0.15, 0.2) is 0 Å². The molecule has 27 heavy (non-hydrogen) atoms. The van der Waals surface area contributed by atoms with Gasteiger partial charge in [0, 0.05) is 30.2 Å². The highest BCUT2D eigenvalue weighted by atomic mass is 16.2. The quantitative estimate of drug-likeness (QED) is 0.878. The molecular formula is C22H29N3O2. The normalized spacial score (nSPS) is 14.0. The Kier molecular flexibility index (Phi) is 5.68. The van der Waals surface area contributed by atoms with E-state index in [0.29, 0.717) is 11.5 Å². The molecule has 5 nitrogen and oxygen atoms in total. The Morgan fingerprint density at radius 1 is 1.07 bits per heavy atom. The number of nitrogens with zero attached hydrogens (tertiary/aromatic N) is 2. The predicted molar refractivity (Wildman–Crippen MR) is 107 cm³/mol. The lowest BCUT2D eigenvalue weighted by atomic mass is 10.0. The zero-order chi connectivity index (χ0) is 19.6. The van der Waals surface area contributed by atoms with Gasteiger partial charge in [0.1, 0.15) is 0 Å². The molecule has 0 bridgehead atoms. The number of nitrogens with one attached hydrogen (secondary N) is 1. The van der Waals surface area contributed by atoms with Crippen molar-refractivity contribution in [2.45, 2.75) is 46.5 Å². The zero-order valence-electron chi connectivity index (χ0n) is 16.7. The number of carbonyl (C=O) groups excluding carboxylic acids is 2. The minimum absolute atomic E-state index is 0.000989. The number of hydrogen-bond donors (Lipinski definition) is 1. The summed E-state index contributed by atoms with van der Waals surface area (Å²) in [5, 5.41) is 2.79. The number of aromatic nitrogens is 1. The van der Waals surface area contributed by atoms with Gasteiger partial charge >= 0.3 is 0 Å². The molecule has 1 N–H and O–H groups in total. The zero-order valence-corrected chi connectivity index (χ0v) is 16.7. The van der Waals surface area contributed by atoms with E-state index in [4.69, 9.17) is 0 Å². The van der Waals surface area contributed by atoms with Crippen LogP contribution < -0.4 is 5.32 Å². The lowest BCUT2D eigenvalue weighted by Gasteiger charge is -2.15. The van der Waals surface area contributed by atoms with Crippen LogP contribution in [0.2, 0.25) is 0 Å². The molecule has 0 radical (unpaired) electrons. The maximum Gasteiger partial charge on any atom is 0.253 e. The summed E-state index contributed by atoms with van der Waals surface area (Å²) in [7, 11) is 0. The summed E-state index contributed by atoms with van der Waals surface area (Å²) in [6.07, 6.45) is 2.10. The number of hydrogen-bond acceptors (Lipinski definition) is 2. The van der Waals surface area contributed by atoms with Crippen molar-refractivity contribution in [2.24, 2.45) is 0 Å². The van der Waals surface area contributed by atoms with E-state index in [-0.39, 0.29) is 18.4 Å². The third kappa shape index (κ3) is 4.07. The van der Waals surface area contributed by atoms with Crippen molar-refractivity contribution in [3.05, 3.63) is 52.8 Å². The van der Waals surface area contributed by atoms with Crippen LogP contribution >= 0.6 is 0 Å². The summed E-state index contributed by atoms with van der Waals surface area (Å²) < 4.78 is 2.08. The van der Waals surface area contributed by atoms with Gasteiger partial charge in [-0.05, 0) is 56.4 Å². The average molecular weight is 367 g/mol. The molecule has 2 aromatic rings. The van der Waals surface area contributed by atoms with E-state index in [1.165, 1.54) is 5.56 Å². The van der Waals surface area contributed by atoms with Crippen LogP contribution in [0, 0.1) is 13.8 Å². The minimum Gasteiger partial charge on any atom is -0.343 e. The number of carbonyl (C=O) groups is 2. The molecule has 2 heterocycles. The summed E-state index contributed by atoms with van der Waals surface area (Å²) in [6.45, 7) is 9.95. The Morgan fingerprint density at radius 3 is 2.30 bits per heavy atom. The maximum atomic E-state index is 12.6. The van der Waals surface area contributed by atoms with Gasteiger partial charge in [0.25, 0.3) is 5.91 Å². The Labute approximate surface area is 161 Å². The van der Waals surface area contributed by atoms with Crippen molar-refractivity contribution in [3.63, 3.8) is 0 Å². The van der Waals surface area contributed by atoms with E-state index in [2.05, 4.69) is 48.0 Å². The SMILES string of the molecule is Cc1cc(C(=O)NCC(=O)N2CCCC2)c(C)n1-c1ccc(C(C)C)cc1. The van der Waals surface area contributed by atoms with Crippen molar-refractivity contribution < 1.29 is 9.59 Å². The molecule has 1 aromatic carbocycles. The summed E-state index contributed by atoms with van der Waals surface area (Å²) in [5.41, 5.74) is 4.84. The number of amides is 2. The van der Waals surface area contributed by atoms with Gasteiger partial charge in [-0.2, -0.15) is 0 Å². The first-order chi connectivity index (χ1) is 12.9. The Morgan fingerprint density at radius 2 is 1.70 bits per heavy atom. The fourth-order valence-corrected chi connectivity index (χ4v) is 3.73. The van der Waals surface area contributed by atoms with E-state index in [1.807, 2.05) is 24.8 Å². The molecule has 5 heteroatoms. The summed E-state index contributed by atoms with van der Waals surface area (Å²) in [6, 6.07) is 10.3.